The van der Waals surface area contributed by atoms with Gasteiger partial charge in [0.2, 0.25) is 5.95 Å². The Labute approximate surface area is 150 Å². The Morgan fingerprint density at radius 3 is 2.92 bits per heavy atom. The highest BCUT2D eigenvalue weighted by molar-refractivity contribution is 5.96. The Hall–Kier alpha value is -3.00. The normalized spacial score (nSPS) is 16.1. The lowest BCUT2D eigenvalue weighted by atomic mass is 10.2. The van der Waals surface area contributed by atoms with Crippen molar-refractivity contribution in [2.24, 2.45) is 0 Å². The molecule has 1 aromatic carbocycles. The molecule has 8 heteroatoms. The minimum atomic E-state index is -0.474. The zero-order valence-corrected chi connectivity index (χ0v) is 14.4. The van der Waals surface area contributed by atoms with Crippen LogP contribution in [0.2, 0.25) is 0 Å². The number of hydrogen-bond acceptors (Lipinski definition) is 7. The number of nitrogens with zero attached hydrogens (tertiary/aromatic N) is 2. The summed E-state index contributed by atoms with van der Waals surface area (Å²) in [7, 11) is 1.31. The van der Waals surface area contributed by atoms with Crippen LogP contribution in [0, 0.1) is 0 Å². The third kappa shape index (κ3) is 4.34. The average Bonchev–Trinajstić information content (AvgIpc) is 3.20. The zero-order valence-electron chi connectivity index (χ0n) is 14.4. The van der Waals surface area contributed by atoms with Gasteiger partial charge < -0.3 is 20.1 Å². The van der Waals surface area contributed by atoms with Crippen LogP contribution in [0.4, 0.5) is 11.6 Å². The van der Waals surface area contributed by atoms with E-state index in [0.717, 1.165) is 19.4 Å². The molecule has 8 nitrogen and oxygen atoms in total. The van der Waals surface area contributed by atoms with Gasteiger partial charge in [-0.2, -0.15) is 0 Å². The van der Waals surface area contributed by atoms with Gasteiger partial charge in [0.15, 0.2) is 0 Å². The number of hydrogen-bond donors (Lipinski definition) is 2. The summed E-state index contributed by atoms with van der Waals surface area (Å²) >= 11 is 0. The summed E-state index contributed by atoms with van der Waals surface area (Å²) in [5.41, 5.74) is 1.08. The predicted octanol–water partition coefficient (Wildman–Crippen LogP) is 1.92. The van der Waals surface area contributed by atoms with Crippen molar-refractivity contribution in [3.63, 3.8) is 0 Å². The van der Waals surface area contributed by atoms with Crippen LogP contribution in [-0.2, 0) is 9.47 Å². The summed E-state index contributed by atoms with van der Waals surface area (Å²) in [5.74, 6) is -0.558. The molecule has 26 heavy (non-hydrogen) atoms. The van der Waals surface area contributed by atoms with Gasteiger partial charge in [-0.3, -0.25) is 4.79 Å². The summed E-state index contributed by atoms with van der Waals surface area (Å²) in [4.78, 5) is 32.4. The van der Waals surface area contributed by atoms with Crippen LogP contribution >= 0.6 is 0 Å². The maximum atomic E-state index is 12.3. The molecule has 1 atom stereocenters. The van der Waals surface area contributed by atoms with Crippen LogP contribution in [0.25, 0.3) is 0 Å². The van der Waals surface area contributed by atoms with E-state index in [-0.39, 0.29) is 23.7 Å². The van der Waals surface area contributed by atoms with Crippen molar-refractivity contribution in [1.82, 2.24) is 15.3 Å². The highest BCUT2D eigenvalue weighted by atomic mass is 16.5. The zero-order chi connectivity index (χ0) is 18.4. The van der Waals surface area contributed by atoms with E-state index in [1.54, 1.807) is 24.3 Å². The number of esters is 1. The van der Waals surface area contributed by atoms with Crippen molar-refractivity contribution in [2.45, 2.75) is 18.9 Å². The second kappa shape index (κ2) is 8.39. The van der Waals surface area contributed by atoms with Crippen LogP contribution < -0.4 is 10.6 Å². The fraction of sp³-hybridized carbons (Fsp3) is 0.333. The summed E-state index contributed by atoms with van der Waals surface area (Å²) in [6, 6.07) is 8.37. The molecule has 1 fully saturated rings. The lowest BCUT2D eigenvalue weighted by Crippen LogP contribution is -2.32. The maximum absolute atomic E-state index is 12.3. The number of ether oxygens (including phenoxy) is 2. The number of benzene rings is 1. The van der Waals surface area contributed by atoms with Gasteiger partial charge >= 0.3 is 5.97 Å². The molecule has 0 bridgehead atoms. The Bertz CT molecular complexity index is 790. The van der Waals surface area contributed by atoms with Crippen molar-refractivity contribution >= 4 is 23.5 Å². The smallest absolute Gasteiger partial charge is 0.339 e. The predicted molar refractivity (Wildman–Crippen MR) is 94.4 cm³/mol. The van der Waals surface area contributed by atoms with Crippen molar-refractivity contribution in [3.05, 3.63) is 47.8 Å². The van der Waals surface area contributed by atoms with Gasteiger partial charge in [0.1, 0.15) is 5.69 Å². The molecule has 0 aliphatic carbocycles. The summed E-state index contributed by atoms with van der Waals surface area (Å²) in [6.07, 6.45) is 3.50. The number of aromatic nitrogens is 2. The molecule has 2 aromatic rings. The van der Waals surface area contributed by atoms with Gasteiger partial charge in [0.25, 0.3) is 5.91 Å². The van der Waals surface area contributed by atoms with Gasteiger partial charge in [0, 0.05) is 19.3 Å². The largest absolute Gasteiger partial charge is 0.465 e. The number of nitrogens with one attached hydrogen (secondary N) is 2. The molecule has 3 rings (SSSR count). The minimum absolute atomic E-state index is 0.0605. The second-order valence-corrected chi connectivity index (χ2v) is 5.77. The van der Waals surface area contributed by atoms with Crippen LogP contribution in [0.3, 0.4) is 0 Å². The summed E-state index contributed by atoms with van der Waals surface area (Å²) < 4.78 is 10.2. The molecule has 1 aliphatic heterocycles. The van der Waals surface area contributed by atoms with E-state index in [4.69, 9.17) is 9.47 Å². The van der Waals surface area contributed by atoms with Crippen LogP contribution in [0.15, 0.2) is 36.5 Å². The lowest BCUT2D eigenvalue weighted by Gasteiger charge is -2.12. The molecule has 1 aliphatic rings. The Balaban J connectivity index is 1.69. The second-order valence-electron chi connectivity index (χ2n) is 5.77. The molecule has 0 saturated carbocycles. The molecule has 2 N–H and O–H groups in total. The lowest BCUT2D eigenvalue weighted by molar-refractivity contribution is 0.0601. The third-order valence-corrected chi connectivity index (χ3v) is 3.98. The van der Waals surface area contributed by atoms with E-state index in [1.807, 2.05) is 0 Å². The first kappa shape index (κ1) is 17.8. The van der Waals surface area contributed by atoms with Gasteiger partial charge in [-0.1, -0.05) is 12.1 Å². The van der Waals surface area contributed by atoms with E-state index in [2.05, 4.69) is 20.6 Å². The first-order valence-electron chi connectivity index (χ1n) is 8.34. The molecular weight excluding hydrogens is 336 g/mol. The molecular formula is C18H20N4O4. The number of rotatable bonds is 6. The number of para-hydroxylation sites is 1. The average molecular weight is 356 g/mol. The number of carbonyl (C=O) groups is 2. The minimum Gasteiger partial charge on any atom is -0.465 e. The molecule has 0 spiro atoms. The quantitative estimate of drug-likeness (QED) is 0.762. The van der Waals surface area contributed by atoms with Crippen LogP contribution in [0.5, 0.6) is 0 Å². The van der Waals surface area contributed by atoms with E-state index in [0.29, 0.717) is 17.8 Å². The van der Waals surface area contributed by atoms with Gasteiger partial charge in [-0.15, -0.1) is 0 Å². The van der Waals surface area contributed by atoms with Crippen molar-refractivity contribution in [3.8, 4) is 0 Å². The van der Waals surface area contributed by atoms with E-state index < -0.39 is 5.97 Å². The van der Waals surface area contributed by atoms with E-state index in [9.17, 15) is 9.59 Å². The number of amides is 1. The van der Waals surface area contributed by atoms with Crippen molar-refractivity contribution in [2.75, 3.05) is 25.6 Å². The molecule has 1 aromatic heterocycles. The fourth-order valence-electron chi connectivity index (χ4n) is 2.65. The maximum Gasteiger partial charge on any atom is 0.339 e. The number of carbonyl (C=O) groups excluding carboxylic acids is 2. The van der Waals surface area contributed by atoms with Gasteiger partial charge in [0.05, 0.1) is 24.5 Å². The Morgan fingerprint density at radius 1 is 1.31 bits per heavy atom. The van der Waals surface area contributed by atoms with E-state index in [1.165, 1.54) is 19.4 Å². The third-order valence-electron chi connectivity index (χ3n) is 3.98. The Morgan fingerprint density at radius 2 is 2.15 bits per heavy atom. The van der Waals surface area contributed by atoms with E-state index >= 15 is 0 Å². The molecule has 1 amide bonds. The standard InChI is InChI=1S/C18H20N4O4/c1-25-17(24)13-6-2-3-7-14(13)21-18-19-9-8-15(22-18)16(23)20-11-12-5-4-10-26-12/h2-3,6-9,12H,4-5,10-11H2,1H3,(H,20,23)(H,19,21,22). The topological polar surface area (TPSA) is 102 Å². The van der Waals surface area contributed by atoms with Crippen molar-refractivity contribution < 1.29 is 19.1 Å². The first-order chi connectivity index (χ1) is 12.7. The SMILES string of the molecule is COC(=O)c1ccccc1Nc1nccc(C(=O)NCC2CCCO2)n1. The van der Waals surface area contributed by atoms with Gasteiger partial charge in [-0.05, 0) is 31.0 Å². The number of methoxy groups -OCH3 is 1. The molecule has 2 heterocycles. The highest BCUT2D eigenvalue weighted by Crippen LogP contribution is 2.19. The number of anilines is 2. The monoisotopic (exact) mass is 356 g/mol. The highest BCUT2D eigenvalue weighted by Gasteiger charge is 2.18. The molecule has 0 radical (unpaired) electrons. The fourth-order valence-corrected chi connectivity index (χ4v) is 2.65. The first-order valence-corrected chi connectivity index (χ1v) is 8.34. The van der Waals surface area contributed by atoms with Crippen LogP contribution in [0.1, 0.15) is 33.7 Å². The molecule has 1 unspecified atom stereocenters. The summed E-state index contributed by atoms with van der Waals surface area (Å²) in [5, 5.41) is 5.77. The Kier molecular flexibility index (Phi) is 5.75. The molecule has 136 valence electrons. The molecule has 1 saturated heterocycles. The van der Waals surface area contributed by atoms with Crippen molar-refractivity contribution in [1.29, 1.82) is 0 Å². The van der Waals surface area contributed by atoms with Gasteiger partial charge in [-0.25, -0.2) is 14.8 Å². The summed E-state index contributed by atoms with van der Waals surface area (Å²) in [6.45, 7) is 1.19. The van der Waals surface area contributed by atoms with Crippen LogP contribution in [-0.4, -0.2) is 48.2 Å².